The molecule has 1 N–H and O–H groups in total. The molecule has 0 radical (unpaired) electrons. The molecular formula is C28H26N2O4S. The second-order valence-corrected chi connectivity index (χ2v) is 9.60. The monoisotopic (exact) mass is 486 g/mol. The molecule has 0 heterocycles. The number of nitrogens with one attached hydrogen (secondary N) is 1. The highest BCUT2D eigenvalue weighted by atomic mass is 32.2. The number of amides is 1. The molecule has 35 heavy (non-hydrogen) atoms. The summed E-state index contributed by atoms with van der Waals surface area (Å²) in [6.45, 7) is 2.52. The molecule has 0 saturated carbocycles. The van der Waals surface area contributed by atoms with Gasteiger partial charge in [-0.1, -0.05) is 60.7 Å². The SMILES string of the molecule is CCOc1ccc(NC(=O)c2ccccc2N(Cc2ccccc2)S(=O)(=O)c2ccccc2)cc1. The Balaban J connectivity index is 1.72. The van der Waals surface area contributed by atoms with Gasteiger partial charge in [-0.3, -0.25) is 9.10 Å². The van der Waals surface area contributed by atoms with Crippen molar-refractivity contribution in [3.63, 3.8) is 0 Å². The third kappa shape index (κ3) is 5.70. The van der Waals surface area contributed by atoms with Gasteiger partial charge < -0.3 is 10.1 Å². The molecule has 0 aliphatic heterocycles. The molecule has 0 spiro atoms. The number of carbonyl (C=O) groups excluding carboxylic acids is 1. The molecule has 0 aromatic heterocycles. The predicted molar refractivity (Wildman–Crippen MR) is 138 cm³/mol. The van der Waals surface area contributed by atoms with Crippen LogP contribution < -0.4 is 14.4 Å². The molecule has 178 valence electrons. The number of hydrogen-bond donors (Lipinski definition) is 1. The number of rotatable bonds is 9. The number of hydrogen-bond acceptors (Lipinski definition) is 4. The van der Waals surface area contributed by atoms with Gasteiger partial charge in [0, 0.05) is 5.69 Å². The van der Waals surface area contributed by atoms with Crippen LogP contribution in [0, 0.1) is 0 Å². The first kappa shape index (κ1) is 24.0. The number of ether oxygens (including phenoxy) is 1. The van der Waals surface area contributed by atoms with E-state index in [4.69, 9.17) is 4.74 Å². The number of benzene rings is 4. The maximum Gasteiger partial charge on any atom is 0.264 e. The zero-order valence-electron chi connectivity index (χ0n) is 19.3. The average Bonchev–Trinajstić information content (AvgIpc) is 2.89. The molecule has 0 bridgehead atoms. The summed E-state index contributed by atoms with van der Waals surface area (Å²) in [7, 11) is -3.96. The fourth-order valence-corrected chi connectivity index (χ4v) is 5.14. The Morgan fingerprint density at radius 2 is 1.40 bits per heavy atom. The van der Waals surface area contributed by atoms with E-state index in [-0.39, 0.29) is 17.0 Å². The molecule has 6 nitrogen and oxygen atoms in total. The van der Waals surface area contributed by atoms with E-state index in [1.54, 1.807) is 78.9 Å². The van der Waals surface area contributed by atoms with Gasteiger partial charge in [-0.05, 0) is 61.0 Å². The van der Waals surface area contributed by atoms with E-state index in [1.807, 2.05) is 37.3 Å². The van der Waals surface area contributed by atoms with Crippen LogP contribution in [-0.2, 0) is 16.6 Å². The van der Waals surface area contributed by atoms with Crippen molar-refractivity contribution in [2.45, 2.75) is 18.4 Å². The number of sulfonamides is 1. The lowest BCUT2D eigenvalue weighted by Gasteiger charge is -2.26. The molecule has 4 aromatic carbocycles. The molecule has 0 atom stereocenters. The highest BCUT2D eigenvalue weighted by molar-refractivity contribution is 7.92. The maximum atomic E-state index is 13.7. The van der Waals surface area contributed by atoms with Gasteiger partial charge in [0.2, 0.25) is 0 Å². The van der Waals surface area contributed by atoms with Crippen LogP contribution in [0.3, 0.4) is 0 Å². The fraction of sp³-hybridized carbons (Fsp3) is 0.107. The van der Waals surface area contributed by atoms with Crippen molar-refractivity contribution in [2.24, 2.45) is 0 Å². The summed E-state index contributed by atoms with van der Waals surface area (Å²) in [6.07, 6.45) is 0. The summed E-state index contributed by atoms with van der Waals surface area (Å²) in [5.41, 5.74) is 1.92. The molecule has 0 aliphatic carbocycles. The molecule has 0 unspecified atom stereocenters. The average molecular weight is 487 g/mol. The molecule has 4 rings (SSSR count). The van der Waals surface area contributed by atoms with E-state index in [9.17, 15) is 13.2 Å². The van der Waals surface area contributed by atoms with Crippen LogP contribution in [0.1, 0.15) is 22.8 Å². The highest BCUT2D eigenvalue weighted by Gasteiger charge is 2.28. The van der Waals surface area contributed by atoms with Gasteiger partial charge in [0.1, 0.15) is 5.75 Å². The van der Waals surface area contributed by atoms with Crippen molar-refractivity contribution in [3.05, 3.63) is 120 Å². The first-order valence-electron chi connectivity index (χ1n) is 11.2. The Kier molecular flexibility index (Phi) is 7.48. The molecule has 0 aliphatic rings. The molecule has 4 aromatic rings. The standard InChI is InChI=1S/C28H26N2O4S/c1-2-34-24-19-17-23(18-20-24)29-28(31)26-15-9-10-16-27(26)30(21-22-11-5-3-6-12-22)35(32,33)25-13-7-4-8-14-25/h3-20H,2,21H2,1H3,(H,29,31). The van der Waals surface area contributed by atoms with Crippen molar-refractivity contribution in [1.82, 2.24) is 0 Å². The summed E-state index contributed by atoms with van der Waals surface area (Å²) in [5.74, 6) is 0.292. The molecular weight excluding hydrogens is 460 g/mol. The van der Waals surface area contributed by atoms with Crippen LogP contribution in [0.4, 0.5) is 11.4 Å². The number of carbonyl (C=O) groups is 1. The molecule has 0 fully saturated rings. The van der Waals surface area contributed by atoms with Gasteiger partial charge >= 0.3 is 0 Å². The smallest absolute Gasteiger partial charge is 0.264 e. The zero-order valence-corrected chi connectivity index (χ0v) is 20.1. The maximum absolute atomic E-state index is 13.7. The van der Waals surface area contributed by atoms with E-state index in [0.29, 0.717) is 23.7 Å². The van der Waals surface area contributed by atoms with Crippen molar-refractivity contribution in [1.29, 1.82) is 0 Å². The lowest BCUT2D eigenvalue weighted by Crippen LogP contribution is -2.32. The molecule has 1 amide bonds. The van der Waals surface area contributed by atoms with Crippen molar-refractivity contribution in [3.8, 4) is 5.75 Å². The van der Waals surface area contributed by atoms with Gasteiger partial charge in [0.15, 0.2) is 0 Å². The third-order valence-corrected chi connectivity index (χ3v) is 7.11. The van der Waals surface area contributed by atoms with Crippen LogP contribution in [-0.4, -0.2) is 20.9 Å². The molecule has 0 saturated heterocycles. The summed E-state index contributed by atoms with van der Waals surface area (Å²) in [6, 6.07) is 31.3. The van der Waals surface area contributed by atoms with Crippen LogP contribution in [0.2, 0.25) is 0 Å². The van der Waals surface area contributed by atoms with E-state index in [2.05, 4.69) is 5.32 Å². The van der Waals surface area contributed by atoms with E-state index < -0.39 is 15.9 Å². The van der Waals surface area contributed by atoms with Crippen LogP contribution in [0.25, 0.3) is 0 Å². The van der Waals surface area contributed by atoms with E-state index in [1.165, 1.54) is 4.31 Å². The van der Waals surface area contributed by atoms with Gasteiger partial charge in [0.25, 0.3) is 15.9 Å². The minimum Gasteiger partial charge on any atom is -0.494 e. The number of anilines is 2. The van der Waals surface area contributed by atoms with Gasteiger partial charge in [-0.2, -0.15) is 0 Å². The predicted octanol–water partition coefficient (Wildman–Crippen LogP) is 5.73. The fourth-order valence-electron chi connectivity index (χ4n) is 3.65. The van der Waals surface area contributed by atoms with Crippen LogP contribution in [0.5, 0.6) is 5.75 Å². The zero-order chi connectivity index (χ0) is 24.7. The minimum atomic E-state index is -3.96. The van der Waals surface area contributed by atoms with Gasteiger partial charge in [-0.15, -0.1) is 0 Å². The Hall–Kier alpha value is -4.10. The van der Waals surface area contributed by atoms with Crippen LogP contribution in [0.15, 0.2) is 114 Å². The van der Waals surface area contributed by atoms with Gasteiger partial charge in [0.05, 0.1) is 29.3 Å². The second-order valence-electron chi connectivity index (χ2n) is 7.74. The Bertz CT molecular complexity index is 1370. The lowest BCUT2D eigenvalue weighted by molar-refractivity contribution is 0.102. The van der Waals surface area contributed by atoms with Crippen molar-refractivity contribution in [2.75, 3.05) is 16.2 Å². The topological polar surface area (TPSA) is 75.7 Å². The molecule has 7 heteroatoms. The number of nitrogens with zero attached hydrogens (tertiary/aromatic N) is 1. The summed E-state index contributed by atoms with van der Waals surface area (Å²) >= 11 is 0. The third-order valence-electron chi connectivity index (χ3n) is 5.34. The number of para-hydroxylation sites is 1. The van der Waals surface area contributed by atoms with E-state index in [0.717, 1.165) is 5.56 Å². The Morgan fingerprint density at radius 3 is 2.06 bits per heavy atom. The largest absolute Gasteiger partial charge is 0.494 e. The first-order valence-corrected chi connectivity index (χ1v) is 12.7. The summed E-state index contributed by atoms with van der Waals surface area (Å²) < 4.78 is 34.2. The minimum absolute atomic E-state index is 0.0748. The van der Waals surface area contributed by atoms with Crippen molar-refractivity contribution < 1.29 is 17.9 Å². The second kappa shape index (κ2) is 10.9. The summed E-state index contributed by atoms with van der Waals surface area (Å²) in [4.78, 5) is 13.5. The Labute approximate surface area is 205 Å². The lowest BCUT2D eigenvalue weighted by atomic mass is 10.1. The van der Waals surface area contributed by atoms with Crippen molar-refractivity contribution >= 4 is 27.3 Å². The van der Waals surface area contributed by atoms with Gasteiger partial charge in [-0.25, -0.2) is 8.42 Å². The van der Waals surface area contributed by atoms with Crippen LogP contribution >= 0.6 is 0 Å². The highest BCUT2D eigenvalue weighted by Crippen LogP contribution is 2.30. The van der Waals surface area contributed by atoms with E-state index >= 15 is 0 Å². The quantitative estimate of drug-likeness (QED) is 0.328. The Morgan fingerprint density at radius 1 is 0.800 bits per heavy atom. The first-order chi connectivity index (χ1) is 17.0. The normalized spacial score (nSPS) is 11.0. The summed E-state index contributed by atoms with van der Waals surface area (Å²) in [5, 5.41) is 2.86.